The third-order valence-corrected chi connectivity index (χ3v) is 1.69. The highest BCUT2D eigenvalue weighted by atomic mass is 16.4. The first kappa shape index (κ1) is 12.2. The number of aliphatic hydroxyl groups is 1. The number of hydrogen-bond acceptors (Lipinski definition) is 4. The molecule has 0 rings (SSSR count). The summed E-state index contributed by atoms with van der Waals surface area (Å²) in [4.78, 5) is 0. The number of rotatable bonds is 7. The minimum Gasteiger partial charge on any atom is -0.409 e. The van der Waals surface area contributed by atoms with Crippen molar-refractivity contribution in [1.29, 1.82) is 0 Å². The average molecular weight is 189 g/mol. The zero-order valence-corrected chi connectivity index (χ0v) is 8.03. The van der Waals surface area contributed by atoms with Gasteiger partial charge in [-0.1, -0.05) is 18.5 Å². The quantitative estimate of drug-likeness (QED) is 0.148. The second-order valence-electron chi connectivity index (χ2n) is 2.99. The highest BCUT2D eigenvalue weighted by Gasteiger charge is 2.01. The van der Waals surface area contributed by atoms with E-state index in [0.717, 1.165) is 12.8 Å². The molecule has 5 N–H and O–H groups in total. The van der Waals surface area contributed by atoms with E-state index in [2.05, 4.69) is 10.5 Å². The van der Waals surface area contributed by atoms with Crippen molar-refractivity contribution in [3.8, 4) is 0 Å². The Morgan fingerprint density at radius 1 is 1.62 bits per heavy atom. The summed E-state index contributed by atoms with van der Waals surface area (Å²) in [6.45, 7) is 3.21. The van der Waals surface area contributed by atoms with E-state index in [9.17, 15) is 5.11 Å². The number of nitrogens with zero attached hydrogens (tertiary/aromatic N) is 1. The van der Waals surface area contributed by atoms with Crippen LogP contribution in [-0.2, 0) is 0 Å². The zero-order valence-electron chi connectivity index (χ0n) is 8.03. The van der Waals surface area contributed by atoms with Gasteiger partial charge in [-0.05, 0) is 6.42 Å². The van der Waals surface area contributed by atoms with Crippen molar-refractivity contribution in [2.45, 2.75) is 32.3 Å². The number of aliphatic hydroxyl groups excluding tert-OH is 1. The molecule has 0 amide bonds. The maximum atomic E-state index is 9.30. The minimum absolute atomic E-state index is 0.206. The van der Waals surface area contributed by atoms with Crippen molar-refractivity contribution < 1.29 is 10.3 Å². The largest absolute Gasteiger partial charge is 0.409 e. The maximum absolute atomic E-state index is 9.30. The topological polar surface area (TPSA) is 90.9 Å². The summed E-state index contributed by atoms with van der Waals surface area (Å²) in [5, 5.41) is 23.4. The van der Waals surface area contributed by atoms with Crippen molar-refractivity contribution in [3.05, 3.63) is 0 Å². The standard InChI is InChI=1S/C8H19N3O2/c1-2-3-7(12)6-10-5-4-8(9)11-13/h7,10,12-13H,2-6H2,1H3,(H2,9,11). The van der Waals surface area contributed by atoms with Gasteiger partial charge in [0.15, 0.2) is 0 Å². The molecule has 5 heteroatoms. The fraction of sp³-hybridized carbons (Fsp3) is 0.875. The molecule has 0 saturated carbocycles. The Hall–Kier alpha value is -0.810. The van der Waals surface area contributed by atoms with E-state index in [-0.39, 0.29) is 11.9 Å². The summed E-state index contributed by atoms with van der Waals surface area (Å²) < 4.78 is 0. The van der Waals surface area contributed by atoms with Crippen LogP contribution in [0.3, 0.4) is 0 Å². The number of hydrogen-bond donors (Lipinski definition) is 4. The lowest BCUT2D eigenvalue weighted by Crippen LogP contribution is -2.29. The highest BCUT2D eigenvalue weighted by molar-refractivity contribution is 5.79. The average Bonchev–Trinajstić information content (AvgIpc) is 2.12. The molecule has 0 heterocycles. The first-order valence-electron chi connectivity index (χ1n) is 4.55. The van der Waals surface area contributed by atoms with Crippen LogP contribution in [0.2, 0.25) is 0 Å². The summed E-state index contributed by atoms with van der Waals surface area (Å²) in [5.41, 5.74) is 5.25. The lowest BCUT2D eigenvalue weighted by atomic mass is 10.2. The zero-order chi connectivity index (χ0) is 10.1. The van der Waals surface area contributed by atoms with Crippen molar-refractivity contribution in [3.63, 3.8) is 0 Å². The first-order valence-corrected chi connectivity index (χ1v) is 4.55. The number of nitrogens with one attached hydrogen (secondary N) is 1. The van der Waals surface area contributed by atoms with E-state index >= 15 is 0 Å². The summed E-state index contributed by atoms with van der Waals surface area (Å²) in [5.74, 6) is 0.206. The third kappa shape index (κ3) is 7.55. The molecular weight excluding hydrogens is 170 g/mol. The fourth-order valence-corrected chi connectivity index (χ4v) is 0.970. The molecule has 5 nitrogen and oxygen atoms in total. The van der Waals surface area contributed by atoms with Crippen molar-refractivity contribution in [2.75, 3.05) is 13.1 Å². The van der Waals surface area contributed by atoms with Crippen LogP contribution in [0.15, 0.2) is 5.16 Å². The third-order valence-electron chi connectivity index (χ3n) is 1.69. The van der Waals surface area contributed by atoms with Gasteiger partial charge in [0.1, 0.15) is 5.84 Å². The van der Waals surface area contributed by atoms with E-state index in [0.29, 0.717) is 19.5 Å². The summed E-state index contributed by atoms with van der Waals surface area (Å²) in [6.07, 6.45) is 1.98. The van der Waals surface area contributed by atoms with Crippen LogP contribution in [0.1, 0.15) is 26.2 Å². The minimum atomic E-state index is -0.294. The van der Waals surface area contributed by atoms with Gasteiger partial charge in [-0.15, -0.1) is 0 Å². The van der Waals surface area contributed by atoms with E-state index in [4.69, 9.17) is 10.9 Å². The van der Waals surface area contributed by atoms with Crippen LogP contribution in [0.5, 0.6) is 0 Å². The Kier molecular flexibility index (Phi) is 7.33. The Morgan fingerprint density at radius 3 is 2.85 bits per heavy atom. The fourth-order valence-electron chi connectivity index (χ4n) is 0.970. The number of nitrogens with two attached hydrogens (primary N) is 1. The molecule has 0 aromatic carbocycles. The van der Waals surface area contributed by atoms with Gasteiger partial charge in [0.25, 0.3) is 0 Å². The molecule has 0 spiro atoms. The Labute approximate surface area is 78.6 Å². The molecule has 0 bridgehead atoms. The van der Waals surface area contributed by atoms with E-state index in [1.165, 1.54) is 0 Å². The van der Waals surface area contributed by atoms with Gasteiger partial charge >= 0.3 is 0 Å². The monoisotopic (exact) mass is 189 g/mol. The molecular formula is C8H19N3O2. The lowest BCUT2D eigenvalue weighted by molar-refractivity contribution is 0.161. The molecule has 78 valence electrons. The van der Waals surface area contributed by atoms with Crippen LogP contribution in [0, 0.1) is 0 Å². The van der Waals surface area contributed by atoms with E-state index < -0.39 is 0 Å². The van der Waals surface area contributed by atoms with Gasteiger partial charge in [-0.2, -0.15) is 0 Å². The molecule has 1 atom stereocenters. The molecule has 0 radical (unpaired) electrons. The van der Waals surface area contributed by atoms with E-state index in [1.54, 1.807) is 0 Å². The Bertz CT molecular complexity index is 150. The molecule has 0 aliphatic heterocycles. The molecule has 0 aliphatic rings. The molecule has 13 heavy (non-hydrogen) atoms. The molecule has 0 saturated heterocycles. The summed E-state index contributed by atoms with van der Waals surface area (Å²) in [7, 11) is 0. The predicted octanol–water partition coefficient (Wildman–Crippen LogP) is -0.126. The van der Waals surface area contributed by atoms with Crippen molar-refractivity contribution in [2.24, 2.45) is 10.9 Å². The molecule has 1 unspecified atom stereocenters. The molecule has 0 aromatic heterocycles. The van der Waals surface area contributed by atoms with E-state index in [1.807, 2.05) is 6.92 Å². The van der Waals surface area contributed by atoms with Gasteiger partial charge in [-0.3, -0.25) is 0 Å². The maximum Gasteiger partial charge on any atom is 0.140 e. The highest BCUT2D eigenvalue weighted by Crippen LogP contribution is 1.93. The first-order chi connectivity index (χ1) is 6.20. The van der Waals surface area contributed by atoms with Gasteiger partial charge in [0.2, 0.25) is 0 Å². The van der Waals surface area contributed by atoms with Crippen LogP contribution in [0.4, 0.5) is 0 Å². The van der Waals surface area contributed by atoms with Crippen LogP contribution < -0.4 is 11.1 Å². The van der Waals surface area contributed by atoms with Crippen LogP contribution in [0.25, 0.3) is 0 Å². The van der Waals surface area contributed by atoms with Crippen LogP contribution in [-0.4, -0.2) is 35.3 Å². The van der Waals surface area contributed by atoms with Crippen molar-refractivity contribution in [1.82, 2.24) is 5.32 Å². The predicted molar refractivity (Wildman–Crippen MR) is 51.8 cm³/mol. The Balaban J connectivity index is 3.25. The smallest absolute Gasteiger partial charge is 0.140 e. The number of amidine groups is 1. The second-order valence-corrected chi connectivity index (χ2v) is 2.99. The van der Waals surface area contributed by atoms with Crippen molar-refractivity contribution >= 4 is 5.84 Å². The lowest BCUT2D eigenvalue weighted by Gasteiger charge is -2.09. The van der Waals surface area contributed by atoms with Gasteiger partial charge in [0, 0.05) is 19.5 Å². The van der Waals surface area contributed by atoms with Gasteiger partial charge in [-0.25, -0.2) is 0 Å². The Morgan fingerprint density at radius 2 is 2.31 bits per heavy atom. The second kappa shape index (κ2) is 7.82. The number of oxime groups is 1. The summed E-state index contributed by atoms with van der Waals surface area (Å²) in [6, 6.07) is 0. The van der Waals surface area contributed by atoms with Gasteiger partial charge in [0.05, 0.1) is 6.10 Å². The molecule has 0 fully saturated rings. The SMILES string of the molecule is CCCC(O)CNCCC(N)=NO. The molecule has 0 aliphatic carbocycles. The molecule has 0 aromatic rings. The normalized spacial score (nSPS) is 14.5. The summed E-state index contributed by atoms with van der Waals surface area (Å²) >= 11 is 0. The van der Waals surface area contributed by atoms with Gasteiger partial charge < -0.3 is 21.4 Å². The van der Waals surface area contributed by atoms with Crippen LogP contribution >= 0.6 is 0 Å².